The highest BCUT2D eigenvalue weighted by Crippen LogP contribution is 2.19. The van der Waals surface area contributed by atoms with E-state index in [1.165, 1.54) is 5.56 Å². The molecule has 1 amide bonds. The number of aromatic amines is 1. The van der Waals surface area contributed by atoms with E-state index in [4.69, 9.17) is 4.74 Å². The summed E-state index contributed by atoms with van der Waals surface area (Å²) in [6.45, 7) is 4.94. The van der Waals surface area contributed by atoms with E-state index in [-0.39, 0.29) is 11.6 Å². The predicted octanol–water partition coefficient (Wildman–Crippen LogP) is 3.44. The maximum atomic E-state index is 12.5. The highest BCUT2D eigenvalue weighted by Gasteiger charge is 2.17. The Morgan fingerprint density at radius 1 is 1.07 bits per heavy atom. The van der Waals surface area contributed by atoms with Gasteiger partial charge in [-0.2, -0.15) is 5.21 Å². The third kappa shape index (κ3) is 4.63. The zero-order chi connectivity index (χ0) is 19.1. The Morgan fingerprint density at radius 2 is 1.85 bits per heavy atom. The number of nitrogens with one attached hydrogen (secondary N) is 3. The van der Waals surface area contributed by atoms with Gasteiger partial charge in [-0.3, -0.25) is 4.79 Å². The number of anilines is 2. The van der Waals surface area contributed by atoms with Crippen LogP contribution in [0.4, 0.5) is 11.5 Å². The van der Waals surface area contributed by atoms with Crippen LogP contribution in [-0.4, -0.2) is 27.9 Å². The molecule has 1 aromatic heterocycles. The molecule has 140 valence electrons. The molecule has 3 N–H and O–H groups in total. The van der Waals surface area contributed by atoms with Gasteiger partial charge in [-0.1, -0.05) is 37.3 Å². The van der Waals surface area contributed by atoms with E-state index >= 15 is 0 Å². The molecule has 0 saturated heterocycles. The number of carbonyl (C=O) groups is 1. The van der Waals surface area contributed by atoms with Crippen molar-refractivity contribution in [2.75, 3.05) is 11.9 Å². The number of hydrogen-bond acceptors (Lipinski definition) is 5. The first kappa shape index (κ1) is 18.4. The lowest BCUT2D eigenvalue weighted by Gasteiger charge is -2.11. The number of para-hydroxylation sites is 1. The molecule has 2 aromatic carbocycles. The molecule has 0 aliphatic carbocycles. The van der Waals surface area contributed by atoms with Gasteiger partial charge in [-0.05, 0) is 37.1 Å². The van der Waals surface area contributed by atoms with Crippen molar-refractivity contribution in [3.63, 3.8) is 0 Å². The SMILES string of the molecule is CCOc1ccccc1CNC(=O)c1n[nH]nc1Nc1ccc(CC)cc1. The lowest BCUT2D eigenvalue weighted by atomic mass is 10.1. The second-order valence-electron chi connectivity index (χ2n) is 5.92. The van der Waals surface area contributed by atoms with Crippen molar-refractivity contribution in [1.82, 2.24) is 20.7 Å². The van der Waals surface area contributed by atoms with Crippen molar-refractivity contribution in [1.29, 1.82) is 0 Å². The molecule has 7 nitrogen and oxygen atoms in total. The standard InChI is InChI=1S/C20H23N5O2/c1-3-14-9-11-16(12-10-14)22-19-18(23-25-24-19)20(26)21-13-15-7-5-6-8-17(15)27-4-2/h5-12H,3-4,13H2,1-2H3,(H,21,26)(H2,22,23,24,25). The van der Waals surface area contributed by atoms with Gasteiger partial charge in [0.2, 0.25) is 0 Å². The van der Waals surface area contributed by atoms with E-state index in [0.29, 0.717) is 19.0 Å². The Kier molecular flexibility index (Phi) is 6.04. The van der Waals surface area contributed by atoms with Crippen LogP contribution in [0.2, 0.25) is 0 Å². The maximum absolute atomic E-state index is 12.5. The van der Waals surface area contributed by atoms with Crippen LogP contribution in [0, 0.1) is 0 Å². The average Bonchev–Trinajstić information content (AvgIpc) is 3.16. The first-order chi connectivity index (χ1) is 13.2. The monoisotopic (exact) mass is 365 g/mol. The lowest BCUT2D eigenvalue weighted by molar-refractivity contribution is 0.0946. The number of H-pyrrole nitrogens is 1. The van der Waals surface area contributed by atoms with Gasteiger partial charge in [0, 0.05) is 17.8 Å². The largest absolute Gasteiger partial charge is 0.494 e. The Morgan fingerprint density at radius 3 is 2.59 bits per heavy atom. The second-order valence-corrected chi connectivity index (χ2v) is 5.92. The Hall–Kier alpha value is -3.35. The summed E-state index contributed by atoms with van der Waals surface area (Å²) in [7, 11) is 0. The number of benzene rings is 2. The molecule has 0 spiro atoms. The Bertz CT molecular complexity index is 889. The molecule has 0 radical (unpaired) electrons. The van der Waals surface area contributed by atoms with Crippen molar-refractivity contribution < 1.29 is 9.53 Å². The van der Waals surface area contributed by atoms with E-state index in [0.717, 1.165) is 23.4 Å². The molecule has 1 heterocycles. The summed E-state index contributed by atoms with van der Waals surface area (Å²) in [5.41, 5.74) is 3.20. The van der Waals surface area contributed by atoms with Crippen LogP contribution in [0.5, 0.6) is 5.75 Å². The molecule has 3 aromatic rings. The highest BCUT2D eigenvalue weighted by molar-refractivity contribution is 5.97. The normalized spacial score (nSPS) is 10.4. The Labute approximate surface area is 158 Å². The minimum Gasteiger partial charge on any atom is -0.494 e. The van der Waals surface area contributed by atoms with Crippen LogP contribution in [-0.2, 0) is 13.0 Å². The van der Waals surface area contributed by atoms with Crippen LogP contribution >= 0.6 is 0 Å². The number of hydrogen-bond donors (Lipinski definition) is 3. The highest BCUT2D eigenvalue weighted by atomic mass is 16.5. The van der Waals surface area contributed by atoms with E-state index in [1.54, 1.807) is 0 Å². The van der Waals surface area contributed by atoms with Crippen molar-refractivity contribution in [2.24, 2.45) is 0 Å². The zero-order valence-electron chi connectivity index (χ0n) is 15.5. The van der Waals surface area contributed by atoms with Crippen molar-refractivity contribution in [3.05, 3.63) is 65.4 Å². The third-order valence-electron chi connectivity index (χ3n) is 4.10. The summed E-state index contributed by atoms with van der Waals surface area (Å²) < 4.78 is 5.58. The zero-order valence-corrected chi connectivity index (χ0v) is 15.5. The minimum absolute atomic E-state index is 0.212. The fourth-order valence-corrected chi connectivity index (χ4v) is 2.64. The predicted molar refractivity (Wildman–Crippen MR) is 104 cm³/mol. The van der Waals surface area contributed by atoms with Crippen LogP contribution in [0.15, 0.2) is 48.5 Å². The fraction of sp³-hybridized carbons (Fsp3) is 0.250. The van der Waals surface area contributed by atoms with Gasteiger partial charge in [0.15, 0.2) is 11.5 Å². The van der Waals surface area contributed by atoms with Crippen LogP contribution in [0.25, 0.3) is 0 Å². The molecular formula is C20H23N5O2. The number of amides is 1. The first-order valence-electron chi connectivity index (χ1n) is 8.96. The summed E-state index contributed by atoms with van der Waals surface area (Å²) in [4.78, 5) is 12.5. The van der Waals surface area contributed by atoms with Gasteiger partial charge >= 0.3 is 0 Å². The molecule has 0 saturated carbocycles. The summed E-state index contributed by atoms with van der Waals surface area (Å²) in [5, 5.41) is 16.5. The topological polar surface area (TPSA) is 91.9 Å². The van der Waals surface area contributed by atoms with E-state index in [1.807, 2.05) is 55.5 Å². The molecule has 0 unspecified atom stereocenters. The molecule has 27 heavy (non-hydrogen) atoms. The summed E-state index contributed by atoms with van der Waals surface area (Å²) >= 11 is 0. The molecule has 3 rings (SSSR count). The van der Waals surface area contributed by atoms with Gasteiger partial charge in [-0.15, -0.1) is 10.2 Å². The number of aromatic nitrogens is 3. The first-order valence-corrected chi connectivity index (χ1v) is 8.96. The van der Waals surface area contributed by atoms with Crippen molar-refractivity contribution in [3.8, 4) is 5.75 Å². The van der Waals surface area contributed by atoms with Crippen molar-refractivity contribution >= 4 is 17.4 Å². The molecule has 0 atom stereocenters. The molecule has 0 fully saturated rings. The molecule has 7 heteroatoms. The number of ether oxygens (including phenoxy) is 1. The number of rotatable bonds is 8. The minimum atomic E-state index is -0.317. The molecule has 0 aliphatic heterocycles. The smallest absolute Gasteiger partial charge is 0.275 e. The summed E-state index contributed by atoms with van der Waals surface area (Å²) in [6, 6.07) is 15.6. The van der Waals surface area contributed by atoms with Gasteiger partial charge in [-0.25, -0.2) is 0 Å². The van der Waals surface area contributed by atoms with E-state index in [2.05, 4.69) is 33.0 Å². The van der Waals surface area contributed by atoms with Crippen LogP contribution in [0.1, 0.15) is 35.5 Å². The number of carbonyl (C=O) groups excluding carboxylic acids is 1. The van der Waals surface area contributed by atoms with Gasteiger partial charge in [0.1, 0.15) is 5.75 Å². The Balaban J connectivity index is 1.67. The second kappa shape index (κ2) is 8.84. The van der Waals surface area contributed by atoms with Crippen LogP contribution < -0.4 is 15.4 Å². The van der Waals surface area contributed by atoms with Crippen LogP contribution in [0.3, 0.4) is 0 Å². The maximum Gasteiger partial charge on any atom is 0.275 e. The van der Waals surface area contributed by atoms with Gasteiger partial charge in [0.05, 0.1) is 6.61 Å². The fourth-order valence-electron chi connectivity index (χ4n) is 2.64. The third-order valence-corrected chi connectivity index (χ3v) is 4.10. The number of aryl methyl sites for hydroxylation is 1. The molecule has 0 bridgehead atoms. The molecular weight excluding hydrogens is 342 g/mol. The quantitative estimate of drug-likeness (QED) is 0.569. The van der Waals surface area contributed by atoms with E-state index < -0.39 is 0 Å². The van der Waals surface area contributed by atoms with E-state index in [9.17, 15) is 4.79 Å². The van der Waals surface area contributed by atoms with Crippen molar-refractivity contribution in [2.45, 2.75) is 26.8 Å². The molecule has 0 aliphatic rings. The summed E-state index contributed by atoms with van der Waals surface area (Å²) in [6.07, 6.45) is 0.973. The average molecular weight is 365 g/mol. The van der Waals surface area contributed by atoms with Gasteiger partial charge in [0.25, 0.3) is 5.91 Å². The summed E-state index contributed by atoms with van der Waals surface area (Å²) in [5.74, 6) is 0.826. The van der Waals surface area contributed by atoms with Gasteiger partial charge < -0.3 is 15.4 Å². The lowest BCUT2D eigenvalue weighted by Crippen LogP contribution is -2.24. The number of nitrogens with zero attached hydrogens (tertiary/aromatic N) is 2.